The SMILES string of the molecule is COc1ccc2nnc(C(=O)NCCc3ccccc3)nc2c1. The van der Waals surface area contributed by atoms with Crippen LogP contribution in [-0.2, 0) is 6.42 Å². The summed E-state index contributed by atoms with van der Waals surface area (Å²) in [4.78, 5) is 16.4. The molecule has 0 saturated carbocycles. The largest absolute Gasteiger partial charge is 0.497 e. The van der Waals surface area contributed by atoms with Crippen molar-refractivity contribution in [1.82, 2.24) is 20.5 Å². The maximum Gasteiger partial charge on any atom is 0.291 e. The van der Waals surface area contributed by atoms with E-state index in [9.17, 15) is 4.79 Å². The van der Waals surface area contributed by atoms with Gasteiger partial charge in [-0.2, -0.15) is 0 Å². The van der Waals surface area contributed by atoms with E-state index in [4.69, 9.17) is 4.74 Å². The molecular weight excluding hydrogens is 292 g/mol. The Morgan fingerprint density at radius 3 is 2.70 bits per heavy atom. The molecular formula is C17H16N4O2. The van der Waals surface area contributed by atoms with E-state index in [1.54, 1.807) is 25.3 Å². The molecule has 1 N–H and O–H groups in total. The fourth-order valence-electron chi connectivity index (χ4n) is 2.18. The van der Waals surface area contributed by atoms with Crippen molar-refractivity contribution in [3.8, 4) is 5.75 Å². The minimum atomic E-state index is -0.335. The number of aromatic nitrogens is 3. The molecule has 0 aliphatic heterocycles. The lowest BCUT2D eigenvalue weighted by Gasteiger charge is -2.05. The number of hydrogen-bond acceptors (Lipinski definition) is 5. The molecule has 2 aromatic carbocycles. The highest BCUT2D eigenvalue weighted by Gasteiger charge is 2.11. The van der Waals surface area contributed by atoms with E-state index in [1.165, 1.54) is 0 Å². The van der Waals surface area contributed by atoms with Gasteiger partial charge in [0.25, 0.3) is 5.91 Å². The third kappa shape index (κ3) is 3.60. The Balaban J connectivity index is 1.68. The van der Waals surface area contributed by atoms with E-state index in [-0.39, 0.29) is 11.7 Å². The van der Waals surface area contributed by atoms with Gasteiger partial charge in [0.1, 0.15) is 11.3 Å². The van der Waals surface area contributed by atoms with Crippen LogP contribution in [0.1, 0.15) is 16.2 Å². The summed E-state index contributed by atoms with van der Waals surface area (Å²) in [6.45, 7) is 0.516. The summed E-state index contributed by atoms with van der Waals surface area (Å²) in [5, 5.41) is 10.7. The zero-order valence-corrected chi connectivity index (χ0v) is 12.7. The van der Waals surface area contributed by atoms with Gasteiger partial charge in [0, 0.05) is 12.6 Å². The van der Waals surface area contributed by atoms with Crippen LogP contribution in [0.5, 0.6) is 5.75 Å². The fraction of sp³-hybridized carbons (Fsp3) is 0.176. The molecule has 116 valence electrons. The first-order valence-electron chi connectivity index (χ1n) is 7.27. The van der Waals surface area contributed by atoms with Crippen LogP contribution in [0.15, 0.2) is 48.5 Å². The van der Waals surface area contributed by atoms with E-state index < -0.39 is 0 Å². The summed E-state index contributed by atoms with van der Waals surface area (Å²) in [5.41, 5.74) is 2.36. The highest BCUT2D eigenvalue weighted by atomic mass is 16.5. The molecule has 1 heterocycles. The van der Waals surface area contributed by atoms with Gasteiger partial charge in [-0.3, -0.25) is 4.79 Å². The van der Waals surface area contributed by atoms with Crippen molar-refractivity contribution in [3.05, 3.63) is 59.9 Å². The summed E-state index contributed by atoms with van der Waals surface area (Å²) in [6, 6.07) is 15.2. The quantitative estimate of drug-likeness (QED) is 0.780. The number of nitrogens with zero attached hydrogens (tertiary/aromatic N) is 3. The third-order valence-corrected chi connectivity index (χ3v) is 3.41. The summed E-state index contributed by atoms with van der Waals surface area (Å²) < 4.78 is 5.15. The summed E-state index contributed by atoms with van der Waals surface area (Å²) in [5.74, 6) is 0.380. The normalized spacial score (nSPS) is 10.5. The average Bonchev–Trinajstić information content (AvgIpc) is 2.61. The molecule has 0 aliphatic rings. The smallest absolute Gasteiger partial charge is 0.291 e. The number of carbonyl (C=O) groups excluding carboxylic acids is 1. The predicted molar refractivity (Wildman–Crippen MR) is 86.4 cm³/mol. The lowest BCUT2D eigenvalue weighted by Crippen LogP contribution is -2.27. The third-order valence-electron chi connectivity index (χ3n) is 3.41. The van der Waals surface area contributed by atoms with Crippen molar-refractivity contribution in [2.24, 2.45) is 0 Å². The second-order valence-electron chi connectivity index (χ2n) is 4.98. The lowest BCUT2D eigenvalue weighted by molar-refractivity contribution is 0.0943. The maximum atomic E-state index is 12.1. The Labute approximate surface area is 133 Å². The summed E-state index contributed by atoms with van der Waals surface area (Å²) in [7, 11) is 1.58. The average molecular weight is 308 g/mol. The first kappa shape index (κ1) is 14.9. The Bertz CT molecular complexity index is 821. The maximum absolute atomic E-state index is 12.1. The van der Waals surface area contributed by atoms with Crippen LogP contribution < -0.4 is 10.1 Å². The van der Waals surface area contributed by atoms with Crippen LogP contribution >= 0.6 is 0 Å². The standard InChI is InChI=1S/C17H16N4O2/c1-23-13-7-8-14-15(11-13)19-16(21-20-14)17(22)18-10-9-12-5-3-2-4-6-12/h2-8,11H,9-10H2,1H3,(H,18,22). The molecule has 0 fully saturated rings. The molecule has 3 rings (SSSR count). The van der Waals surface area contributed by atoms with Gasteiger partial charge in [0.05, 0.1) is 12.6 Å². The van der Waals surface area contributed by atoms with Gasteiger partial charge in [-0.1, -0.05) is 30.3 Å². The summed E-state index contributed by atoms with van der Waals surface area (Å²) in [6.07, 6.45) is 0.751. The lowest BCUT2D eigenvalue weighted by atomic mass is 10.1. The molecule has 23 heavy (non-hydrogen) atoms. The van der Waals surface area contributed by atoms with Crippen LogP contribution in [0.25, 0.3) is 11.0 Å². The van der Waals surface area contributed by atoms with Gasteiger partial charge in [-0.15, -0.1) is 10.2 Å². The van der Waals surface area contributed by atoms with Crippen LogP contribution in [0.3, 0.4) is 0 Å². The van der Waals surface area contributed by atoms with Crippen molar-refractivity contribution in [3.63, 3.8) is 0 Å². The van der Waals surface area contributed by atoms with E-state index in [0.717, 1.165) is 12.0 Å². The Kier molecular flexibility index (Phi) is 4.42. The monoisotopic (exact) mass is 308 g/mol. The van der Waals surface area contributed by atoms with Gasteiger partial charge >= 0.3 is 0 Å². The molecule has 0 saturated heterocycles. The molecule has 1 aromatic heterocycles. The van der Waals surface area contributed by atoms with Gasteiger partial charge in [-0.25, -0.2) is 4.98 Å². The van der Waals surface area contributed by atoms with Crippen LogP contribution in [-0.4, -0.2) is 34.7 Å². The number of methoxy groups -OCH3 is 1. The number of ether oxygens (including phenoxy) is 1. The minimum Gasteiger partial charge on any atom is -0.497 e. The van der Waals surface area contributed by atoms with E-state index >= 15 is 0 Å². The number of nitrogens with one attached hydrogen (secondary N) is 1. The van der Waals surface area contributed by atoms with Gasteiger partial charge in [0.2, 0.25) is 5.82 Å². The molecule has 0 aliphatic carbocycles. The molecule has 0 bridgehead atoms. The Hall–Kier alpha value is -3.02. The second-order valence-corrected chi connectivity index (χ2v) is 4.98. The van der Waals surface area contributed by atoms with E-state index in [0.29, 0.717) is 23.3 Å². The topological polar surface area (TPSA) is 77.0 Å². The van der Waals surface area contributed by atoms with E-state index in [2.05, 4.69) is 20.5 Å². The number of hydrogen-bond donors (Lipinski definition) is 1. The highest BCUT2D eigenvalue weighted by Crippen LogP contribution is 2.16. The number of carbonyl (C=O) groups is 1. The fourth-order valence-corrected chi connectivity index (χ4v) is 2.18. The molecule has 6 heteroatoms. The van der Waals surface area contributed by atoms with Crippen molar-refractivity contribution in [1.29, 1.82) is 0 Å². The minimum absolute atomic E-state index is 0.0545. The molecule has 3 aromatic rings. The van der Waals surface area contributed by atoms with Crippen molar-refractivity contribution in [2.75, 3.05) is 13.7 Å². The predicted octanol–water partition coefficient (Wildman–Crippen LogP) is 2.01. The summed E-state index contributed by atoms with van der Waals surface area (Å²) >= 11 is 0. The van der Waals surface area contributed by atoms with E-state index in [1.807, 2.05) is 30.3 Å². The van der Waals surface area contributed by atoms with Gasteiger partial charge in [-0.05, 0) is 24.1 Å². The Morgan fingerprint density at radius 2 is 1.91 bits per heavy atom. The van der Waals surface area contributed by atoms with Crippen molar-refractivity contribution < 1.29 is 9.53 Å². The molecule has 0 atom stereocenters. The van der Waals surface area contributed by atoms with Crippen LogP contribution in [0.4, 0.5) is 0 Å². The van der Waals surface area contributed by atoms with Crippen molar-refractivity contribution >= 4 is 16.9 Å². The van der Waals surface area contributed by atoms with Gasteiger partial charge in [0.15, 0.2) is 0 Å². The number of benzene rings is 2. The van der Waals surface area contributed by atoms with Crippen LogP contribution in [0, 0.1) is 0 Å². The molecule has 1 amide bonds. The van der Waals surface area contributed by atoms with Crippen molar-refractivity contribution in [2.45, 2.75) is 6.42 Å². The van der Waals surface area contributed by atoms with Gasteiger partial charge < -0.3 is 10.1 Å². The first-order valence-corrected chi connectivity index (χ1v) is 7.27. The second kappa shape index (κ2) is 6.83. The molecule has 6 nitrogen and oxygen atoms in total. The Morgan fingerprint density at radius 1 is 1.09 bits per heavy atom. The van der Waals surface area contributed by atoms with Crippen LogP contribution in [0.2, 0.25) is 0 Å². The highest BCUT2D eigenvalue weighted by molar-refractivity contribution is 5.91. The molecule has 0 radical (unpaired) electrons. The number of fused-ring (bicyclic) bond motifs is 1. The zero-order valence-electron chi connectivity index (χ0n) is 12.7. The number of amides is 1. The molecule has 0 unspecified atom stereocenters. The first-order chi connectivity index (χ1) is 11.3. The zero-order chi connectivity index (χ0) is 16.1. The number of rotatable bonds is 5. The molecule has 0 spiro atoms.